The van der Waals surface area contributed by atoms with Gasteiger partial charge in [0.15, 0.2) is 0 Å². The Morgan fingerprint density at radius 1 is 1.24 bits per heavy atom. The van der Waals surface area contributed by atoms with Crippen LogP contribution >= 0.6 is 23.2 Å². The van der Waals surface area contributed by atoms with Crippen molar-refractivity contribution in [2.75, 3.05) is 18.4 Å². The lowest BCUT2D eigenvalue weighted by atomic mass is 10.2. The Morgan fingerprint density at radius 2 is 1.81 bits per heavy atom. The maximum Gasteiger partial charge on any atom is 0.407 e. The van der Waals surface area contributed by atoms with Crippen molar-refractivity contribution in [1.29, 1.82) is 0 Å². The number of benzene rings is 1. The van der Waals surface area contributed by atoms with Crippen LogP contribution in [0.25, 0.3) is 0 Å². The fraction of sp³-hybridized carbons (Fsp3) is 0.500. The van der Waals surface area contributed by atoms with E-state index >= 15 is 0 Å². The highest BCUT2D eigenvalue weighted by Crippen LogP contribution is 2.31. The molecule has 0 bridgehead atoms. The second-order valence-electron chi connectivity index (χ2n) is 5.45. The zero-order valence-corrected chi connectivity index (χ0v) is 13.7. The van der Waals surface area contributed by atoms with Gasteiger partial charge < -0.3 is 15.4 Å². The molecule has 0 saturated carbocycles. The topological polar surface area (TPSA) is 50.4 Å². The highest BCUT2D eigenvalue weighted by molar-refractivity contribution is 6.39. The second-order valence-corrected chi connectivity index (χ2v) is 6.27. The molecular weight excluding hydrogens is 318 g/mol. The predicted octanol–water partition coefficient (Wildman–Crippen LogP) is 4.46. The Balaban J connectivity index is 2.31. The van der Waals surface area contributed by atoms with Crippen LogP contribution in [0.15, 0.2) is 12.1 Å². The maximum atomic E-state index is 13.0. The minimum atomic E-state index is -0.516. The summed E-state index contributed by atoms with van der Waals surface area (Å²) < 4.78 is 18.1. The molecule has 0 aliphatic rings. The molecule has 118 valence electrons. The number of ether oxygens (including phenoxy) is 1. The van der Waals surface area contributed by atoms with Crippen LogP contribution < -0.4 is 10.6 Å². The summed E-state index contributed by atoms with van der Waals surface area (Å²) in [5.41, 5.74) is -0.0330. The van der Waals surface area contributed by atoms with E-state index in [-0.39, 0.29) is 10.0 Å². The summed E-state index contributed by atoms with van der Waals surface area (Å²) >= 11 is 11.8. The number of amides is 1. The van der Waals surface area contributed by atoms with Gasteiger partial charge in [-0.1, -0.05) is 23.2 Å². The zero-order valence-electron chi connectivity index (χ0n) is 12.2. The molecule has 0 heterocycles. The van der Waals surface area contributed by atoms with Gasteiger partial charge in [-0.3, -0.25) is 0 Å². The summed E-state index contributed by atoms with van der Waals surface area (Å²) in [6, 6.07) is 2.38. The van der Waals surface area contributed by atoms with Crippen LogP contribution in [0.3, 0.4) is 0 Å². The summed E-state index contributed by atoms with van der Waals surface area (Å²) in [4.78, 5) is 11.4. The van der Waals surface area contributed by atoms with E-state index in [0.29, 0.717) is 25.2 Å². The molecule has 0 spiro atoms. The lowest BCUT2D eigenvalue weighted by Crippen LogP contribution is -2.33. The molecule has 0 aliphatic carbocycles. The third-order valence-corrected chi connectivity index (χ3v) is 2.93. The Morgan fingerprint density at radius 3 is 2.33 bits per heavy atom. The van der Waals surface area contributed by atoms with Crippen molar-refractivity contribution in [3.05, 3.63) is 28.0 Å². The summed E-state index contributed by atoms with van der Waals surface area (Å²) in [6.07, 6.45) is 0.184. The number of halogens is 3. The van der Waals surface area contributed by atoms with E-state index in [1.807, 2.05) is 0 Å². The first kappa shape index (κ1) is 17.9. The molecule has 2 N–H and O–H groups in total. The standard InChI is InChI=1S/C14H19Cl2FN2O2/c1-14(2,3)21-13(20)19-6-4-5-18-12-10(15)7-9(17)8-11(12)16/h7-8,18H,4-6H2,1-3H3,(H,19,20). The fourth-order valence-corrected chi connectivity index (χ4v) is 2.11. The van der Waals surface area contributed by atoms with Gasteiger partial charge in [0.05, 0.1) is 15.7 Å². The van der Waals surface area contributed by atoms with Crippen molar-refractivity contribution in [3.8, 4) is 0 Å². The van der Waals surface area contributed by atoms with Crippen molar-refractivity contribution in [3.63, 3.8) is 0 Å². The zero-order chi connectivity index (χ0) is 16.0. The predicted molar refractivity (Wildman–Crippen MR) is 83.8 cm³/mol. The average molecular weight is 337 g/mol. The van der Waals surface area contributed by atoms with Crippen LogP contribution in [-0.2, 0) is 4.74 Å². The molecule has 0 aliphatic heterocycles. The lowest BCUT2D eigenvalue weighted by Gasteiger charge is -2.19. The van der Waals surface area contributed by atoms with E-state index in [1.54, 1.807) is 20.8 Å². The minimum Gasteiger partial charge on any atom is -0.444 e. The molecule has 1 aromatic carbocycles. The number of carbonyl (C=O) groups is 1. The Hall–Kier alpha value is -1.20. The van der Waals surface area contributed by atoms with Crippen molar-refractivity contribution in [2.45, 2.75) is 32.8 Å². The number of nitrogens with one attached hydrogen (secondary N) is 2. The van der Waals surface area contributed by atoms with Crippen LogP contribution in [0.5, 0.6) is 0 Å². The number of alkyl carbamates (subject to hydrolysis) is 1. The van der Waals surface area contributed by atoms with E-state index in [4.69, 9.17) is 27.9 Å². The molecule has 21 heavy (non-hydrogen) atoms. The number of anilines is 1. The van der Waals surface area contributed by atoms with E-state index in [0.717, 1.165) is 0 Å². The van der Waals surface area contributed by atoms with Gasteiger partial charge in [-0.15, -0.1) is 0 Å². The molecule has 1 aromatic rings. The SMILES string of the molecule is CC(C)(C)OC(=O)NCCCNc1c(Cl)cc(F)cc1Cl. The molecule has 1 rings (SSSR count). The molecule has 0 radical (unpaired) electrons. The lowest BCUT2D eigenvalue weighted by molar-refractivity contribution is 0.0528. The number of hydrogen-bond acceptors (Lipinski definition) is 3. The quantitative estimate of drug-likeness (QED) is 0.780. The van der Waals surface area contributed by atoms with Crippen molar-refractivity contribution in [1.82, 2.24) is 5.32 Å². The van der Waals surface area contributed by atoms with Crippen LogP contribution in [0.1, 0.15) is 27.2 Å². The molecule has 0 unspecified atom stereocenters. The Labute approximate surface area is 133 Å². The van der Waals surface area contributed by atoms with Crippen LogP contribution in [-0.4, -0.2) is 24.8 Å². The number of carbonyl (C=O) groups excluding carboxylic acids is 1. The van der Waals surface area contributed by atoms with Crippen molar-refractivity contribution < 1.29 is 13.9 Å². The van der Waals surface area contributed by atoms with E-state index in [1.165, 1.54) is 12.1 Å². The van der Waals surface area contributed by atoms with Gasteiger partial charge in [-0.2, -0.15) is 0 Å². The Kier molecular flexibility index (Phi) is 6.55. The fourth-order valence-electron chi connectivity index (χ4n) is 1.52. The number of hydrogen-bond donors (Lipinski definition) is 2. The van der Waals surface area contributed by atoms with E-state index in [9.17, 15) is 9.18 Å². The minimum absolute atomic E-state index is 0.222. The van der Waals surface area contributed by atoms with Gasteiger partial charge >= 0.3 is 6.09 Å². The summed E-state index contributed by atoms with van der Waals surface area (Å²) in [6.45, 7) is 6.37. The summed E-state index contributed by atoms with van der Waals surface area (Å²) in [5, 5.41) is 6.09. The third-order valence-electron chi connectivity index (χ3n) is 2.33. The number of rotatable bonds is 5. The molecule has 1 amide bonds. The third kappa shape index (κ3) is 6.87. The monoisotopic (exact) mass is 336 g/mol. The van der Waals surface area contributed by atoms with Crippen molar-refractivity contribution in [2.24, 2.45) is 0 Å². The van der Waals surface area contributed by atoms with Gasteiger partial charge in [-0.25, -0.2) is 9.18 Å². The first-order chi connectivity index (χ1) is 9.69. The average Bonchev–Trinajstić information content (AvgIpc) is 2.29. The second kappa shape index (κ2) is 7.71. The maximum absolute atomic E-state index is 13.0. The van der Waals surface area contributed by atoms with Crippen LogP contribution in [0.2, 0.25) is 10.0 Å². The molecule has 0 aromatic heterocycles. The van der Waals surface area contributed by atoms with Gasteiger partial charge in [0.1, 0.15) is 11.4 Å². The molecule has 7 heteroatoms. The Bertz CT molecular complexity index is 481. The van der Waals surface area contributed by atoms with E-state index < -0.39 is 17.5 Å². The molecule has 0 saturated heterocycles. The first-order valence-corrected chi connectivity index (χ1v) is 7.30. The molecule has 0 fully saturated rings. The highest BCUT2D eigenvalue weighted by atomic mass is 35.5. The molecule has 0 atom stereocenters. The first-order valence-electron chi connectivity index (χ1n) is 6.54. The van der Waals surface area contributed by atoms with Crippen molar-refractivity contribution >= 4 is 35.0 Å². The molecular formula is C14H19Cl2FN2O2. The van der Waals surface area contributed by atoms with Gasteiger partial charge in [0.2, 0.25) is 0 Å². The smallest absolute Gasteiger partial charge is 0.407 e. The summed E-state index contributed by atoms with van der Waals surface area (Å²) in [5.74, 6) is -0.484. The summed E-state index contributed by atoms with van der Waals surface area (Å²) in [7, 11) is 0. The molecule has 4 nitrogen and oxygen atoms in total. The highest BCUT2D eigenvalue weighted by Gasteiger charge is 2.15. The largest absolute Gasteiger partial charge is 0.444 e. The van der Waals surface area contributed by atoms with E-state index in [2.05, 4.69) is 10.6 Å². The normalized spacial score (nSPS) is 11.1. The van der Waals surface area contributed by atoms with Crippen LogP contribution in [0, 0.1) is 5.82 Å². The van der Waals surface area contributed by atoms with Gasteiger partial charge in [-0.05, 0) is 39.3 Å². The van der Waals surface area contributed by atoms with Gasteiger partial charge in [0, 0.05) is 13.1 Å². The van der Waals surface area contributed by atoms with Crippen LogP contribution in [0.4, 0.5) is 14.9 Å². The van der Waals surface area contributed by atoms with Gasteiger partial charge in [0.25, 0.3) is 0 Å².